The zero-order valence-electron chi connectivity index (χ0n) is 11.7. The molecule has 0 amide bonds. The Hall–Kier alpha value is -1.06. The summed E-state index contributed by atoms with van der Waals surface area (Å²) in [6, 6.07) is 4.05. The zero-order chi connectivity index (χ0) is 13.5. The molecule has 18 heavy (non-hydrogen) atoms. The molecule has 3 N–H and O–H groups in total. The number of nitrogens with two attached hydrogens (primary N) is 1. The molecule has 0 radical (unpaired) electrons. The molecule has 1 fully saturated rings. The van der Waals surface area contributed by atoms with Crippen molar-refractivity contribution in [2.24, 2.45) is 5.73 Å². The minimum Gasteiger partial charge on any atom is -0.496 e. The Kier molecular flexibility index (Phi) is 3.39. The maximum atomic E-state index is 10.4. The van der Waals surface area contributed by atoms with Crippen molar-refractivity contribution in [2.75, 3.05) is 7.11 Å². The topological polar surface area (TPSA) is 55.5 Å². The second-order valence-corrected chi connectivity index (χ2v) is 5.74. The van der Waals surface area contributed by atoms with Crippen LogP contribution in [-0.4, -0.2) is 17.8 Å². The first kappa shape index (κ1) is 13.4. The molecule has 0 aliphatic heterocycles. The third kappa shape index (κ3) is 2.25. The van der Waals surface area contributed by atoms with E-state index in [2.05, 4.69) is 19.9 Å². The molecule has 1 aliphatic carbocycles. The van der Waals surface area contributed by atoms with E-state index in [-0.39, 0.29) is 0 Å². The van der Waals surface area contributed by atoms with Gasteiger partial charge in [0, 0.05) is 5.54 Å². The Bertz CT molecular complexity index is 450. The van der Waals surface area contributed by atoms with Gasteiger partial charge in [-0.2, -0.15) is 0 Å². The monoisotopic (exact) mass is 249 g/mol. The van der Waals surface area contributed by atoms with Gasteiger partial charge in [0.05, 0.1) is 13.2 Å². The van der Waals surface area contributed by atoms with Crippen molar-refractivity contribution in [1.82, 2.24) is 0 Å². The van der Waals surface area contributed by atoms with Crippen LogP contribution in [0.1, 0.15) is 55.4 Å². The number of benzene rings is 1. The quantitative estimate of drug-likeness (QED) is 0.862. The Balaban J connectivity index is 2.44. The third-order valence-corrected chi connectivity index (χ3v) is 3.91. The van der Waals surface area contributed by atoms with Gasteiger partial charge in [-0.15, -0.1) is 0 Å². The highest BCUT2D eigenvalue weighted by Gasteiger charge is 2.46. The smallest absolute Gasteiger partial charge is 0.122 e. The molecule has 1 aromatic carbocycles. The van der Waals surface area contributed by atoms with E-state index in [1.54, 1.807) is 7.11 Å². The predicted molar refractivity (Wildman–Crippen MR) is 72.9 cm³/mol. The average molecular weight is 249 g/mol. The standard InChI is InChI=1S/C15H23NO2/c1-9(2)11-8-12(10(3)7-13(11)18-4)14(17)15(16)5-6-15/h7-9,14,17H,5-6,16H2,1-4H3. The van der Waals surface area contributed by atoms with Crippen molar-refractivity contribution in [2.45, 2.75) is 51.2 Å². The lowest BCUT2D eigenvalue weighted by Crippen LogP contribution is -2.31. The molecule has 0 saturated heterocycles. The van der Waals surface area contributed by atoms with E-state index in [4.69, 9.17) is 10.5 Å². The molecule has 1 unspecified atom stereocenters. The lowest BCUT2D eigenvalue weighted by atomic mass is 9.91. The summed E-state index contributed by atoms with van der Waals surface area (Å²) >= 11 is 0. The largest absolute Gasteiger partial charge is 0.496 e. The lowest BCUT2D eigenvalue weighted by molar-refractivity contribution is 0.135. The molecule has 0 spiro atoms. The first-order chi connectivity index (χ1) is 8.39. The van der Waals surface area contributed by atoms with Crippen LogP contribution in [0.2, 0.25) is 0 Å². The molecule has 3 nitrogen and oxygen atoms in total. The second-order valence-electron chi connectivity index (χ2n) is 5.74. The van der Waals surface area contributed by atoms with Gasteiger partial charge in [0.25, 0.3) is 0 Å². The first-order valence-corrected chi connectivity index (χ1v) is 6.54. The average Bonchev–Trinajstić information content (AvgIpc) is 3.07. The van der Waals surface area contributed by atoms with Gasteiger partial charge in [-0.1, -0.05) is 13.8 Å². The van der Waals surface area contributed by atoms with Crippen LogP contribution in [0.15, 0.2) is 12.1 Å². The van der Waals surface area contributed by atoms with Crippen LogP contribution >= 0.6 is 0 Å². The summed E-state index contributed by atoms with van der Waals surface area (Å²) in [7, 11) is 1.68. The van der Waals surface area contributed by atoms with Gasteiger partial charge in [0.1, 0.15) is 5.75 Å². The summed E-state index contributed by atoms with van der Waals surface area (Å²) in [4.78, 5) is 0. The third-order valence-electron chi connectivity index (χ3n) is 3.91. The van der Waals surface area contributed by atoms with E-state index >= 15 is 0 Å². The highest BCUT2D eigenvalue weighted by molar-refractivity contribution is 5.46. The maximum Gasteiger partial charge on any atom is 0.122 e. The molecule has 0 heterocycles. The molecule has 1 aromatic rings. The molecule has 100 valence electrons. The van der Waals surface area contributed by atoms with Gasteiger partial charge in [0.2, 0.25) is 0 Å². The van der Waals surface area contributed by atoms with E-state index in [1.165, 1.54) is 0 Å². The molecule has 1 saturated carbocycles. The van der Waals surface area contributed by atoms with Crippen molar-refractivity contribution >= 4 is 0 Å². The van der Waals surface area contributed by atoms with E-state index in [0.717, 1.165) is 35.3 Å². The fraction of sp³-hybridized carbons (Fsp3) is 0.600. The Morgan fingerprint density at radius 3 is 2.33 bits per heavy atom. The van der Waals surface area contributed by atoms with E-state index in [1.807, 2.05) is 13.0 Å². The summed E-state index contributed by atoms with van der Waals surface area (Å²) in [5.41, 5.74) is 8.81. The van der Waals surface area contributed by atoms with Gasteiger partial charge in [-0.05, 0) is 54.5 Å². The van der Waals surface area contributed by atoms with Crippen LogP contribution in [0.25, 0.3) is 0 Å². The molecule has 1 atom stereocenters. The van der Waals surface area contributed by atoms with Gasteiger partial charge < -0.3 is 15.6 Å². The van der Waals surface area contributed by atoms with Crippen molar-refractivity contribution in [3.63, 3.8) is 0 Å². The Morgan fingerprint density at radius 1 is 1.28 bits per heavy atom. The van der Waals surface area contributed by atoms with Crippen LogP contribution in [0.5, 0.6) is 5.75 Å². The highest BCUT2D eigenvalue weighted by atomic mass is 16.5. The van der Waals surface area contributed by atoms with Gasteiger partial charge in [-0.3, -0.25) is 0 Å². The van der Waals surface area contributed by atoms with Gasteiger partial charge in [-0.25, -0.2) is 0 Å². The predicted octanol–water partition coefficient (Wildman–Crippen LogP) is 2.65. The fourth-order valence-corrected chi connectivity index (χ4v) is 2.37. The normalized spacial score (nSPS) is 18.8. The molecular formula is C15H23NO2. The molecular weight excluding hydrogens is 226 g/mol. The van der Waals surface area contributed by atoms with Crippen LogP contribution in [-0.2, 0) is 0 Å². The van der Waals surface area contributed by atoms with Crippen molar-refractivity contribution in [1.29, 1.82) is 0 Å². The fourth-order valence-electron chi connectivity index (χ4n) is 2.37. The van der Waals surface area contributed by atoms with Gasteiger partial charge in [0.15, 0.2) is 0 Å². The highest BCUT2D eigenvalue weighted by Crippen LogP contribution is 2.45. The van der Waals surface area contributed by atoms with Crippen molar-refractivity contribution in [3.8, 4) is 5.75 Å². The molecule has 0 bridgehead atoms. The van der Waals surface area contributed by atoms with Crippen molar-refractivity contribution in [3.05, 3.63) is 28.8 Å². The molecule has 2 rings (SSSR count). The van der Waals surface area contributed by atoms with E-state index in [0.29, 0.717) is 5.92 Å². The molecule has 3 heteroatoms. The number of aliphatic hydroxyl groups excluding tert-OH is 1. The Morgan fingerprint density at radius 2 is 1.89 bits per heavy atom. The maximum absolute atomic E-state index is 10.4. The summed E-state index contributed by atoms with van der Waals surface area (Å²) in [6.45, 7) is 6.24. The van der Waals surface area contributed by atoms with Crippen LogP contribution in [0, 0.1) is 6.92 Å². The SMILES string of the molecule is COc1cc(C)c(C(O)C2(N)CC2)cc1C(C)C. The van der Waals surface area contributed by atoms with E-state index in [9.17, 15) is 5.11 Å². The van der Waals surface area contributed by atoms with Crippen molar-refractivity contribution < 1.29 is 9.84 Å². The number of aliphatic hydroxyl groups is 1. The summed E-state index contributed by atoms with van der Waals surface area (Å²) in [5.74, 6) is 1.25. The minimum absolute atomic E-state index is 0.361. The number of aryl methyl sites for hydroxylation is 1. The first-order valence-electron chi connectivity index (χ1n) is 6.54. The minimum atomic E-state index is -0.569. The van der Waals surface area contributed by atoms with Crippen LogP contribution in [0.4, 0.5) is 0 Å². The van der Waals surface area contributed by atoms with Crippen LogP contribution in [0.3, 0.4) is 0 Å². The number of ether oxygens (including phenoxy) is 1. The number of hydrogen-bond donors (Lipinski definition) is 2. The number of rotatable bonds is 4. The number of methoxy groups -OCH3 is 1. The molecule has 1 aliphatic rings. The summed E-state index contributed by atoms with van der Waals surface area (Å²) in [6.07, 6.45) is 1.23. The van der Waals surface area contributed by atoms with Gasteiger partial charge >= 0.3 is 0 Å². The lowest BCUT2D eigenvalue weighted by Gasteiger charge is -2.23. The molecule has 0 aromatic heterocycles. The summed E-state index contributed by atoms with van der Waals surface area (Å²) < 4.78 is 5.41. The summed E-state index contributed by atoms with van der Waals surface area (Å²) in [5, 5.41) is 10.4. The van der Waals surface area contributed by atoms with Crippen LogP contribution < -0.4 is 10.5 Å². The van der Waals surface area contributed by atoms with E-state index < -0.39 is 11.6 Å². The Labute approximate surface area is 109 Å². The zero-order valence-corrected chi connectivity index (χ0v) is 11.7. The second kappa shape index (κ2) is 4.56. The number of hydrogen-bond acceptors (Lipinski definition) is 3.